The summed E-state index contributed by atoms with van der Waals surface area (Å²) in [5, 5.41) is 8.84. The summed E-state index contributed by atoms with van der Waals surface area (Å²) in [5.74, 6) is -0.679. The molecule has 4 rings (SSSR count). The van der Waals surface area contributed by atoms with Gasteiger partial charge in [-0.05, 0) is 61.0 Å². The largest absolute Gasteiger partial charge is 0.379 e. The van der Waals surface area contributed by atoms with Crippen molar-refractivity contribution in [2.75, 3.05) is 30.3 Å². The molecule has 0 aliphatic carbocycles. The smallest absolute Gasteiger partial charge is 0.255 e. The summed E-state index contributed by atoms with van der Waals surface area (Å²) >= 11 is 0. The van der Waals surface area contributed by atoms with Crippen molar-refractivity contribution in [1.29, 1.82) is 0 Å². The van der Waals surface area contributed by atoms with E-state index in [0.717, 1.165) is 9.99 Å². The minimum absolute atomic E-state index is 0.0433. The number of benzene rings is 3. The Balaban J connectivity index is 1.37. The molecule has 0 spiro atoms. The molecule has 176 valence electrons. The van der Waals surface area contributed by atoms with E-state index in [1.165, 1.54) is 29.8 Å². The fourth-order valence-corrected chi connectivity index (χ4v) is 5.07. The molecule has 1 aliphatic rings. The minimum Gasteiger partial charge on any atom is -0.379 e. The van der Waals surface area contributed by atoms with Gasteiger partial charge < -0.3 is 16.0 Å². The van der Waals surface area contributed by atoms with Crippen LogP contribution >= 0.6 is 0 Å². The maximum atomic E-state index is 12.7. The maximum absolute atomic E-state index is 12.7. The summed E-state index contributed by atoms with van der Waals surface area (Å²) in [5.41, 5.74) is 3.05. The highest BCUT2D eigenvalue weighted by Gasteiger charge is 2.29. The van der Waals surface area contributed by atoms with E-state index in [0.29, 0.717) is 11.3 Å². The van der Waals surface area contributed by atoms with Gasteiger partial charge in [-0.15, -0.1) is 0 Å². The molecular weight excluding hydrogens is 452 g/mol. The van der Waals surface area contributed by atoms with Gasteiger partial charge in [0.25, 0.3) is 5.91 Å². The van der Waals surface area contributed by atoms with Crippen LogP contribution in [0.3, 0.4) is 0 Å². The van der Waals surface area contributed by atoms with Crippen molar-refractivity contribution in [2.24, 2.45) is 0 Å². The second-order valence-corrected chi connectivity index (χ2v) is 9.96. The number of anilines is 2. The standard InChI is InChI=1S/C25H26N4O4S/c1-18(19-5-3-2-4-6-19)27-21-9-11-22(12-10-21)28-25(31)20-7-13-23(14-8-20)34(32,33)29-16-15-26-24(30)17-29/h2-14,18,27H,15-17H2,1H3,(H,26,30)(H,28,31). The molecule has 1 aliphatic heterocycles. The highest BCUT2D eigenvalue weighted by Crippen LogP contribution is 2.22. The molecule has 0 aromatic heterocycles. The third kappa shape index (κ3) is 5.44. The van der Waals surface area contributed by atoms with Crippen LogP contribution < -0.4 is 16.0 Å². The van der Waals surface area contributed by atoms with Crippen LogP contribution in [0.15, 0.2) is 83.8 Å². The van der Waals surface area contributed by atoms with Crippen LogP contribution in [0.2, 0.25) is 0 Å². The van der Waals surface area contributed by atoms with Gasteiger partial charge in [0.05, 0.1) is 11.4 Å². The number of nitrogens with zero attached hydrogens (tertiary/aromatic N) is 1. The summed E-state index contributed by atoms with van der Waals surface area (Å²) in [6, 6.07) is 23.3. The number of amides is 2. The van der Waals surface area contributed by atoms with Crippen LogP contribution in [0.25, 0.3) is 0 Å². The maximum Gasteiger partial charge on any atom is 0.255 e. The molecule has 3 aromatic rings. The van der Waals surface area contributed by atoms with E-state index in [-0.39, 0.29) is 42.4 Å². The average molecular weight is 479 g/mol. The van der Waals surface area contributed by atoms with E-state index in [2.05, 4.69) is 35.0 Å². The Labute approximate surface area is 199 Å². The highest BCUT2D eigenvalue weighted by atomic mass is 32.2. The van der Waals surface area contributed by atoms with Crippen LogP contribution in [0, 0.1) is 0 Å². The summed E-state index contributed by atoms with van der Waals surface area (Å²) in [6.07, 6.45) is 0. The first-order valence-corrected chi connectivity index (χ1v) is 12.4. The average Bonchev–Trinajstić information content (AvgIpc) is 2.86. The van der Waals surface area contributed by atoms with Gasteiger partial charge >= 0.3 is 0 Å². The fraction of sp³-hybridized carbons (Fsp3) is 0.200. The first-order valence-electron chi connectivity index (χ1n) is 10.9. The van der Waals surface area contributed by atoms with E-state index < -0.39 is 10.0 Å². The Morgan fingerprint density at radius 1 is 0.941 bits per heavy atom. The van der Waals surface area contributed by atoms with Crippen molar-refractivity contribution in [3.8, 4) is 0 Å². The lowest BCUT2D eigenvalue weighted by molar-refractivity contribution is -0.122. The molecule has 1 saturated heterocycles. The highest BCUT2D eigenvalue weighted by molar-refractivity contribution is 7.89. The zero-order valence-electron chi connectivity index (χ0n) is 18.7. The van der Waals surface area contributed by atoms with Gasteiger partial charge in [0, 0.05) is 36.1 Å². The molecule has 1 heterocycles. The van der Waals surface area contributed by atoms with Crippen LogP contribution in [0.5, 0.6) is 0 Å². The Kier molecular flexibility index (Phi) is 6.95. The monoisotopic (exact) mass is 478 g/mol. The Bertz CT molecular complexity index is 1260. The topological polar surface area (TPSA) is 108 Å². The zero-order chi connectivity index (χ0) is 24.1. The lowest BCUT2D eigenvalue weighted by atomic mass is 10.1. The molecule has 1 atom stereocenters. The SMILES string of the molecule is CC(Nc1ccc(NC(=O)c2ccc(S(=O)(=O)N3CCNC(=O)C3)cc2)cc1)c1ccccc1. The molecule has 2 amide bonds. The molecule has 1 fully saturated rings. The predicted molar refractivity (Wildman–Crippen MR) is 131 cm³/mol. The first-order chi connectivity index (χ1) is 16.3. The van der Waals surface area contributed by atoms with Crippen molar-refractivity contribution in [2.45, 2.75) is 17.9 Å². The van der Waals surface area contributed by atoms with Gasteiger partial charge in [-0.1, -0.05) is 30.3 Å². The Morgan fingerprint density at radius 2 is 1.59 bits per heavy atom. The second-order valence-electron chi connectivity index (χ2n) is 8.02. The number of sulfonamides is 1. The fourth-order valence-electron chi connectivity index (χ4n) is 3.68. The Hall–Kier alpha value is -3.69. The molecule has 3 aromatic carbocycles. The minimum atomic E-state index is -3.80. The third-order valence-corrected chi connectivity index (χ3v) is 7.44. The number of carbonyl (C=O) groups is 2. The van der Waals surface area contributed by atoms with Crippen molar-refractivity contribution in [3.05, 3.63) is 90.0 Å². The molecule has 0 saturated carbocycles. The number of hydrogen-bond donors (Lipinski definition) is 3. The molecule has 9 heteroatoms. The number of piperazine rings is 1. The number of nitrogens with one attached hydrogen (secondary N) is 3. The molecule has 0 bridgehead atoms. The van der Waals surface area contributed by atoms with Crippen LogP contribution in [-0.2, 0) is 14.8 Å². The molecule has 34 heavy (non-hydrogen) atoms. The predicted octanol–water partition coefficient (Wildman–Crippen LogP) is 3.23. The van der Waals surface area contributed by atoms with E-state index in [1.807, 2.05) is 30.3 Å². The molecule has 8 nitrogen and oxygen atoms in total. The van der Waals surface area contributed by atoms with Gasteiger partial charge in [0.1, 0.15) is 0 Å². The lowest BCUT2D eigenvalue weighted by Crippen LogP contribution is -2.49. The first kappa shape index (κ1) is 23.5. The number of carbonyl (C=O) groups excluding carboxylic acids is 2. The summed E-state index contributed by atoms with van der Waals surface area (Å²) in [6.45, 7) is 2.36. The normalized spacial score (nSPS) is 15.3. The lowest BCUT2D eigenvalue weighted by Gasteiger charge is -2.25. The van der Waals surface area contributed by atoms with E-state index >= 15 is 0 Å². The third-order valence-electron chi connectivity index (χ3n) is 5.58. The summed E-state index contributed by atoms with van der Waals surface area (Å²) < 4.78 is 26.6. The second kappa shape index (κ2) is 10.1. The van der Waals surface area contributed by atoms with E-state index in [1.54, 1.807) is 12.1 Å². The van der Waals surface area contributed by atoms with E-state index in [4.69, 9.17) is 0 Å². The number of hydrogen-bond acceptors (Lipinski definition) is 5. The van der Waals surface area contributed by atoms with Crippen molar-refractivity contribution in [1.82, 2.24) is 9.62 Å². The van der Waals surface area contributed by atoms with Gasteiger partial charge in [-0.2, -0.15) is 4.31 Å². The van der Waals surface area contributed by atoms with Gasteiger partial charge in [-0.3, -0.25) is 9.59 Å². The molecule has 1 unspecified atom stereocenters. The molecule has 3 N–H and O–H groups in total. The van der Waals surface area contributed by atoms with Crippen LogP contribution in [0.4, 0.5) is 11.4 Å². The van der Waals surface area contributed by atoms with E-state index in [9.17, 15) is 18.0 Å². The van der Waals surface area contributed by atoms with Crippen molar-refractivity contribution in [3.63, 3.8) is 0 Å². The summed E-state index contributed by atoms with van der Waals surface area (Å²) in [7, 11) is -3.80. The van der Waals surface area contributed by atoms with Crippen molar-refractivity contribution >= 4 is 33.2 Å². The number of rotatable bonds is 7. The molecular formula is C25H26N4O4S. The Morgan fingerprint density at radius 3 is 2.24 bits per heavy atom. The quantitative estimate of drug-likeness (QED) is 0.483. The van der Waals surface area contributed by atoms with Gasteiger partial charge in [0.2, 0.25) is 15.9 Å². The van der Waals surface area contributed by atoms with Crippen molar-refractivity contribution < 1.29 is 18.0 Å². The van der Waals surface area contributed by atoms with Gasteiger partial charge in [-0.25, -0.2) is 8.42 Å². The molecule has 0 radical (unpaired) electrons. The zero-order valence-corrected chi connectivity index (χ0v) is 19.5. The summed E-state index contributed by atoms with van der Waals surface area (Å²) in [4.78, 5) is 24.2. The van der Waals surface area contributed by atoms with Gasteiger partial charge in [0.15, 0.2) is 0 Å². The van der Waals surface area contributed by atoms with Crippen LogP contribution in [0.1, 0.15) is 28.9 Å². The van der Waals surface area contributed by atoms with Crippen LogP contribution in [-0.4, -0.2) is 44.2 Å².